The van der Waals surface area contributed by atoms with E-state index in [1.807, 2.05) is 64.5 Å². The van der Waals surface area contributed by atoms with Crippen molar-refractivity contribution in [3.63, 3.8) is 0 Å². The third kappa shape index (κ3) is 3.58. The lowest BCUT2D eigenvalue weighted by molar-refractivity contribution is 0.459. The number of aromatic nitrogens is 6. The molecule has 0 aliphatic heterocycles. The summed E-state index contributed by atoms with van der Waals surface area (Å²) >= 11 is 0. The number of hydrogen-bond donors (Lipinski definition) is 0. The van der Waals surface area contributed by atoms with E-state index in [4.69, 9.17) is 10.00 Å². The fourth-order valence-corrected chi connectivity index (χ4v) is 3.18. The van der Waals surface area contributed by atoms with Gasteiger partial charge in [-0.25, -0.2) is 9.67 Å². The number of allylic oxidation sites excluding steroid dienone is 1. The van der Waals surface area contributed by atoms with Gasteiger partial charge in [-0.2, -0.15) is 15.3 Å². The molecule has 0 aliphatic rings. The largest absolute Gasteiger partial charge is 0.438 e. The molecule has 1 aromatic carbocycles. The van der Waals surface area contributed by atoms with Crippen molar-refractivity contribution in [3.8, 4) is 23.5 Å². The summed E-state index contributed by atoms with van der Waals surface area (Å²) in [6.07, 6.45) is 6.90. The van der Waals surface area contributed by atoms with Gasteiger partial charge in [-0.15, -0.1) is 5.10 Å². The lowest BCUT2D eigenvalue weighted by atomic mass is 10.1. The van der Waals surface area contributed by atoms with Gasteiger partial charge in [0.25, 0.3) is 0 Å². The smallest absolute Gasteiger partial charge is 0.233 e. The fraction of sp³-hybridized carbons (Fsp3) is 0.190. The van der Waals surface area contributed by atoms with Gasteiger partial charge in [0, 0.05) is 31.6 Å². The maximum absolute atomic E-state index is 8.74. The Bertz CT molecular complexity index is 1270. The zero-order valence-electron chi connectivity index (χ0n) is 16.6. The molecule has 0 radical (unpaired) electrons. The summed E-state index contributed by atoms with van der Waals surface area (Å²) in [6.45, 7) is 5.74. The molecule has 3 heterocycles. The molecule has 0 spiro atoms. The molecule has 0 atom stereocenters. The first kappa shape index (κ1) is 18.4. The van der Waals surface area contributed by atoms with Crippen molar-refractivity contribution in [1.82, 2.24) is 29.5 Å². The van der Waals surface area contributed by atoms with E-state index in [1.54, 1.807) is 15.4 Å². The summed E-state index contributed by atoms with van der Waals surface area (Å²) in [6, 6.07) is 7.82. The second kappa shape index (κ2) is 7.20. The van der Waals surface area contributed by atoms with Gasteiger partial charge in [0.05, 0.1) is 6.07 Å². The topological polar surface area (TPSA) is 94.4 Å². The Labute approximate surface area is 167 Å². The molecule has 0 saturated heterocycles. The van der Waals surface area contributed by atoms with E-state index in [1.165, 1.54) is 6.08 Å². The van der Waals surface area contributed by atoms with Crippen LogP contribution in [0.5, 0.6) is 11.6 Å². The maximum Gasteiger partial charge on any atom is 0.233 e. The first-order valence-corrected chi connectivity index (χ1v) is 9.04. The highest BCUT2D eigenvalue weighted by molar-refractivity contribution is 5.80. The van der Waals surface area contributed by atoms with Crippen LogP contribution in [0.3, 0.4) is 0 Å². The third-order valence-corrected chi connectivity index (χ3v) is 4.42. The Hall–Kier alpha value is -3.99. The molecular formula is C21H19N7O. The molecule has 0 saturated carbocycles. The molecule has 4 rings (SSSR count). The van der Waals surface area contributed by atoms with Crippen molar-refractivity contribution in [3.05, 3.63) is 59.2 Å². The lowest BCUT2D eigenvalue weighted by Crippen LogP contribution is -1.98. The highest BCUT2D eigenvalue weighted by Crippen LogP contribution is 2.33. The van der Waals surface area contributed by atoms with Crippen LogP contribution in [0.1, 0.15) is 22.5 Å². The van der Waals surface area contributed by atoms with E-state index in [0.717, 1.165) is 22.4 Å². The molecule has 0 unspecified atom stereocenters. The number of ether oxygens (including phenoxy) is 1. The Kier molecular flexibility index (Phi) is 4.56. The van der Waals surface area contributed by atoms with E-state index in [0.29, 0.717) is 28.6 Å². The highest BCUT2D eigenvalue weighted by atomic mass is 16.5. The van der Waals surface area contributed by atoms with Gasteiger partial charge in [0.1, 0.15) is 17.0 Å². The predicted molar refractivity (Wildman–Crippen MR) is 109 cm³/mol. The Morgan fingerprint density at radius 3 is 2.52 bits per heavy atom. The monoisotopic (exact) mass is 385 g/mol. The summed E-state index contributed by atoms with van der Waals surface area (Å²) in [5.41, 5.74) is 3.39. The normalized spacial score (nSPS) is 11.3. The van der Waals surface area contributed by atoms with Gasteiger partial charge >= 0.3 is 0 Å². The van der Waals surface area contributed by atoms with Crippen LogP contribution >= 0.6 is 0 Å². The van der Waals surface area contributed by atoms with Crippen LogP contribution in [-0.2, 0) is 7.05 Å². The predicted octanol–water partition coefficient (Wildman–Crippen LogP) is 3.80. The molecule has 0 amide bonds. The van der Waals surface area contributed by atoms with Gasteiger partial charge in [0.15, 0.2) is 11.5 Å². The van der Waals surface area contributed by atoms with Crippen molar-refractivity contribution in [2.45, 2.75) is 20.8 Å². The molecule has 4 aromatic rings. The number of hydrogen-bond acceptors (Lipinski definition) is 6. The van der Waals surface area contributed by atoms with Crippen LogP contribution < -0.4 is 4.74 Å². The molecule has 0 aliphatic carbocycles. The van der Waals surface area contributed by atoms with Gasteiger partial charge in [-0.3, -0.25) is 4.68 Å². The minimum atomic E-state index is 0.446. The van der Waals surface area contributed by atoms with Crippen LogP contribution in [-0.4, -0.2) is 29.5 Å². The summed E-state index contributed by atoms with van der Waals surface area (Å²) in [4.78, 5) is 8.92. The standard InChI is InChI=1S/C21H19N7O/c1-13-10-16(6-5-8-22)11-14(2)19(13)29-21-17-12-28(18-7-9-27(4)25-18)26-20(17)23-15(3)24-21/h5-7,9-12H,1-4H3/b6-5+. The molecule has 8 heteroatoms. The van der Waals surface area contributed by atoms with Gasteiger partial charge in [-0.1, -0.05) is 0 Å². The number of nitrogens with zero attached hydrogens (tertiary/aromatic N) is 7. The first-order valence-electron chi connectivity index (χ1n) is 9.04. The zero-order chi connectivity index (χ0) is 20.5. The number of fused-ring (bicyclic) bond motifs is 1. The average molecular weight is 385 g/mol. The van der Waals surface area contributed by atoms with Crippen LogP contribution in [0.15, 0.2) is 36.7 Å². The summed E-state index contributed by atoms with van der Waals surface area (Å²) in [7, 11) is 1.85. The fourth-order valence-electron chi connectivity index (χ4n) is 3.18. The Morgan fingerprint density at radius 1 is 1.10 bits per heavy atom. The van der Waals surface area contributed by atoms with Crippen LogP contribution in [0, 0.1) is 32.1 Å². The summed E-state index contributed by atoms with van der Waals surface area (Å²) in [5.74, 6) is 2.43. The average Bonchev–Trinajstić information content (AvgIpc) is 3.28. The van der Waals surface area contributed by atoms with E-state index >= 15 is 0 Å². The van der Waals surface area contributed by atoms with Crippen molar-refractivity contribution in [2.24, 2.45) is 7.05 Å². The van der Waals surface area contributed by atoms with Crippen LogP contribution in [0.25, 0.3) is 22.9 Å². The minimum absolute atomic E-state index is 0.446. The zero-order valence-corrected chi connectivity index (χ0v) is 16.6. The number of aryl methyl sites for hydroxylation is 4. The van der Waals surface area contributed by atoms with Gasteiger partial charge in [0.2, 0.25) is 5.88 Å². The quantitative estimate of drug-likeness (QED) is 0.496. The number of rotatable bonds is 4. The molecule has 0 N–H and O–H groups in total. The SMILES string of the molecule is Cc1nc(Oc2c(C)cc(/C=C/C#N)cc2C)c2cn(-c3ccn(C)n3)nc2n1. The molecule has 29 heavy (non-hydrogen) atoms. The second-order valence-electron chi connectivity index (χ2n) is 6.78. The van der Waals surface area contributed by atoms with Crippen molar-refractivity contribution < 1.29 is 4.74 Å². The Morgan fingerprint density at radius 2 is 1.86 bits per heavy atom. The summed E-state index contributed by atoms with van der Waals surface area (Å²) in [5, 5.41) is 18.3. The van der Waals surface area contributed by atoms with Gasteiger partial charge < -0.3 is 4.74 Å². The molecule has 0 bridgehead atoms. The van der Waals surface area contributed by atoms with Crippen molar-refractivity contribution in [2.75, 3.05) is 0 Å². The molecule has 144 valence electrons. The highest BCUT2D eigenvalue weighted by Gasteiger charge is 2.16. The molecule has 0 fully saturated rings. The van der Waals surface area contributed by atoms with E-state index in [9.17, 15) is 0 Å². The molecule has 3 aromatic heterocycles. The first-order chi connectivity index (χ1) is 13.9. The van der Waals surface area contributed by atoms with Crippen LogP contribution in [0.2, 0.25) is 0 Å². The number of nitriles is 1. The van der Waals surface area contributed by atoms with Crippen molar-refractivity contribution in [1.29, 1.82) is 5.26 Å². The van der Waals surface area contributed by atoms with Gasteiger partial charge in [-0.05, 0) is 55.7 Å². The second-order valence-corrected chi connectivity index (χ2v) is 6.78. The minimum Gasteiger partial charge on any atom is -0.438 e. The lowest BCUT2D eigenvalue weighted by Gasteiger charge is -2.13. The summed E-state index contributed by atoms with van der Waals surface area (Å²) < 4.78 is 9.61. The van der Waals surface area contributed by atoms with Crippen LogP contribution in [0.4, 0.5) is 0 Å². The maximum atomic E-state index is 8.74. The van der Waals surface area contributed by atoms with E-state index < -0.39 is 0 Å². The molecular weight excluding hydrogens is 366 g/mol. The molecule has 8 nitrogen and oxygen atoms in total. The van der Waals surface area contributed by atoms with E-state index in [-0.39, 0.29) is 0 Å². The van der Waals surface area contributed by atoms with E-state index in [2.05, 4.69) is 20.2 Å². The Balaban J connectivity index is 1.77. The number of benzene rings is 1. The van der Waals surface area contributed by atoms with Crippen molar-refractivity contribution >= 4 is 17.1 Å². The third-order valence-electron chi connectivity index (χ3n) is 4.42.